The normalized spacial score (nSPS) is 10.5. The average molecular weight is 429 g/mol. The zero-order valence-electron chi connectivity index (χ0n) is 17.4. The van der Waals surface area contributed by atoms with Crippen LogP contribution in [0.15, 0.2) is 24.3 Å². The highest BCUT2D eigenvalue weighted by Gasteiger charge is 2.21. The average Bonchev–Trinajstić information content (AvgIpc) is 3.06. The van der Waals surface area contributed by atoms with Crippen molar-refractivity contribution in [3.8, 4) is 17.6 Å². The number of hydrogen-bond donors (Lipinski definition) is 1. The Kier molecular flexibility index (Phi) is 8.44. The quantitative estimate of drug-likeness (QED) is 0.465. The predicted molar refractivity (Wildman–Crippen MR) is 116 cm³/mol. The van der Waals surface area contributed by atoms with E-state index in [9.17, 15) is 14.9 Å². The molecule has 30 heavy (non-hydrogen) atoms. The van der Waals surface area contributed by atoms with Crippen LogP contribution < -0.4 is 14.8 Å². The second-order valence-corrected chi connectivity index (χ2v) is 7.19. The van der Waals surface area contributed by atoms with Crippen LogP contribution in [0, 0.1) is 18.3 Å². The molecule has 0 saturated carbocycles. The fourth-order valence-corrected chi connectivity index (χ4v) is 3.63. The SMILES string of the molecule is CCCOc1ccc(/C=C/C(=O)Nc2sc(C(=O)OCC)c(C)c2C#N)cc1OC. The number of rotatable bonds is 9. The van der Waals surface area contributed by atoms with Gasteiger partial charge in [0.15, 0.2) is 11.5 Å². The largest absolute Gasteiger partial charge is 0.493 e. The molecule has 1 aromatic carbocycles. The lowest BCUT2D eigenvalue weighted by Crippen LogP contribution is -2.07. The minimum Gasteiger partial charge on any atom is -0.493 e. The zero-order chi connectivity index (χ0) is 22.1. The maximum atomic E-state index is 12.4. The third-order valence-corrected chi connectivity index (χ3v) is 5.22. The van der Waals surface area contributed by atoms with Gasteiger partial charge in [-0.1, -0.05) is 13.0 Å². The molecule has 2 aromatic rings. The first-order valence-corrected chi connectivity index (χ1v) is 10.3. The first kappa shape index (κ1) is 23.0. The molecule has 1 heterocycles. The number of amides is 1. The van der Waals surface area contributed by atoms with Crippen LogP contribution in [0.5, 0.6) is 11.5 Å². The topological polar surface area (TPSA) is 97.6 Å². The summed E-state index contributed by atoms with van der Waals surface area (Å²) in [6.45, 7) is 6.19. The van der Waals surface area contributed by atoms with Gasteiger partial charge in [-0.2, -0.15) is 5.26 Å². The van der Waals surface area contributed by atoms with E-state index in [1.165, 1.54) is 6.08 Å². The summed E-state index contributed by atoms with van der Waals surface area (Å²) < 4.78 is 16.0. The van der Waals surface area contributed by atoms with Crippen molar-refractivity contribution in [2.75, 3.05) is 25.6 Å². The van der Waals surface area contributed by atoms with Gasteiger partial charge in [-0.05, 0) is 49.6 Å². The molecule has 1 amide bonds. The fraction of sp³-hybridized carbons (Fsp3) is 0.318. The van der Waals surface area contributed by atoms with Gasteiger partial charge >= 0.3 is 5.97 Å². The minimum absolute atomic E-state index is 0.230. The lowest BCUT2D eigenvalue weighted by Gasteiger charge is -2.10. The lowest BCUT2D eigenvalue weighted by molar-refractivity contribution is -0.111. The van der Waals surface area contributed by atoms with Crippen LogP contribution in [0.1, 0.15) is 46.6 Å². The van der Waals surface area contributed by atoms with Crippen molar-refractivity contribution in [2.45, 2.75) is 27.2 Å². The van der Waals surface area contributed by atoms with Crippen LogP contribution in [0.2, 0.25) is 0 Å². The summed E-state index contributed by atoms with van der Waals surface area (Å²) in [7, 11) is 1.55. The molecular weight excluding hydrogens is 404 g/mol. The smallest absolute Gasteiger partial charge is 0.348 e. The minimum atomic E-state index is -0.509. The van der Waals surface area contributed by atoms with Gasteiger partial charge in [0, 0.05) is 6.08 Å². The number of anilines is 1. The van der Waals surface area contributed by atoms with Gasteiger partial charge in [0.1, 0.15) is 15.9 Å². The second kappa shape index (κ2) is 11.0. The second-order valence-electron chi connectivity index (χ2n) is 6.17. The van der Waals surface area contributed by atoms with Crippen molar-refractivity contribution in [1.29, 1.82) is 5.26 Å². The third-order valence-electron chi connectivity index (χ3n) is 4.03. The monoisotopic (exact) mass is 428 g/mol. The lowest BCUT2D eigenvalue weighted by atomic mass is 10.1. The molecule has 0 fully saturated rings. The summed E-state index contributed by atoms with van der Waals surface area (Å²) in [5, 5.41) is 12.4. The van der Waals surface area contributed by atoms with E-state index in [1.54, 1.807) is 39.2 Å². The molecule has 0 radical (unpaired) electrons. The van der Waals surface area contributed by atoms with Gasteiger partial charge < -0.3 is 19.5 Å². The Morgan fingerprint density at radius 3 is 2.67 bits per heavy atom. The highest BCUT2D eigenvalue weighted by atomic mass is 32.1. The predicted octanol–water partition coefficient (Wildman–Crippen LogP) is 4.55. The van der Waals surface area contributed by atoms with Crippen LogP contribution in [0.3, 0.4) is 0 Å². The molecule has 7 nitrogen and oxygen atoms in total. The van der Waals surface area contributed by atoms with Crippen molar-refractivity contribution in [3.63, 3.8) is 0 Å². The number of hydrogen-bond acceptors (Lipinski definition) is 7. The summed E-state index contributed by atoms with van der Waals surface area (Å²) >= 11 is 1.02. The first-order valence-electron chi connectivity index (χ1n) is 9.45. The Morgan fingerprint density at radius 2 is 2.03 bits per heavy atom. The molecule has 0 unspecified atom stereocenters. The van der Waals surface area contributed by atoms with Gasteiger partial charge in [0.2, 0.25) is 5.91 Å². The molecule has 0 aliphatic heterocycles. The molecule has 1 aromatic heterocycles. The molecule has 0 aliphatic rings. The molecule has 0 spiro atoms. The van der Waals surface area contributed by atoms with Crippen LogP contribution in [-0.2, 0) is 9.53 Å². The molecule has 0 aliphatic carbocycles. The van der Waals surface area contributed by atoms with Crippen molar-refractivity contribution in [2.24, 2.45) is 0 Å². The summed E-state index contributed by atoms with van der Waals surface area (Å²) in [6.07, 6.45) is 3.86. The highest BCUT2D eigenvalue weighted by molar-refractivity contribution is 7.18. The van der Waals surface area contributed by atoms with E-state index in [0.717, 1.165) is 23.3 Å². The van der Waals surface area contributed by atoms with Crippen LogP contribution in [0.25, 0.3) is 6.08 Å². The number of carbonyl (C=O) groups is 2. The highest BCUT2D eigenvalue weighted by Crippen LogP contribution is 2.33. The standard InChI is InChI=1S/C22H24N2O5S/c1-5-11-29-17-9-7-15(12-18(17)27-4)8-10-19(25)24-21-16(13-23)14(3)20(30-21)22(26)28-6-2/h7-10,12H,5-6,11H2,1-4H3,(H,24,25)/b10-8+. The third kappa shape index (κ3) is 5.61. The number of esters is 1. The molecule has 2 rings (SSSR count). The number of nitrogens with one attached hydrogen (secondary N) is 1. The number of methoxy groups -OCH3 is 1. The summed E-state index contributed by atoms with van der Waals surface area (Å²) in [6, 6.07) is 7.40. The zero-order valence-corrected chi connectivity index (χ0v) is 18.2. The van der Waals surface area contributed by atoms with Crippen LogP contribution in [-0.4, -0.2) is 32.2 Å². The number of benzene rings is 1. The van der Waals surface area contributed by atoms with E-state index in [1.807, 2.05) is 19.1 Å². The Balaban J connectivity index is 2.16. The molecule has 0 atom stereocenters. The molecule has 158 valence electrons. The van der Waals surface area contributed by atoms with E-state index in [0.29, 0.717) is 33.5 Å². The maximum absolute atomic E-state index is 12.4. The Morgan fingerprint density at radius 1 is 1.27 bits per heavy atom. The van der Waals surface area contributed by atoms with Gasteiger partial charge in [0.05, 0.1) is 25.9 Å². The van der Waals surface area contributed by atoms with Gasteiger partial charge in [-0.25, -0.2) is 4.79 Å². The van der Waals surface area contributed by atoms with Crippen LogP contribution in [0.4, 0.5) is 5.00 Å². The summed E-state index contributed by atoms with van der Waals surface area (Å²) in [4.78, 5) is 24.7. The fourth-order valence-electron chi connectivity index (χ4n) is 2.57. The van der Waals surface area contributed by atoms with Crippen molar-refractivity contribution in [3.05, 3.63) is 45.8 Å². The van der Waals surface area contributed by atoms with Crippen molar-refractivity contribution >= 4 is 34.3 Å². The van der Waals surface area contributed by atoms with E-state index >= 15 is 0 Å². The van der Waals surface area contributed by atoms with E-state index < -0.39 is 11.9 Å². The molecule has 1 N–H and O–H groups in total. The van der Waals surface area contributed by atoms with Crippen LogP contribution >= 0.6 is 11.3 Å². The number of thiophene rings is 1. The van der Waals surface area contributed by atoms with Gasteiger partial charge in [0.25, 0.3) is 0 Å². The Bertz CT molecular complexity index is 988. The van der Waals surface area contributed by atoms with E-state index in [-0.39, 0.29) is 12.2 Å². The molecular formula is C22H24N2O5S. The number of nitrogens with zero attached hydrogens (tertiary/aromatic N) is 1. The van der Waals surface area contributed by atoms with E-state index in [2.05, 4.69) is 5.32 Å². The van der Waals surface area contributed by atoms with Gasteiger partial charge in [-0.15, -0.1) is 11.3 Å². The van der Waals surface area contributed by atoms with Crippen molar-refractivity contribution in [1.82, 2.24) is 0 Å². The van der Waals surface area contributed by atoms with E-state index in [4.69, 9.17) is 14.2 Å². The first-order chi connectivity index (χ1) is 14.4. The van der Waals surface area contributed by atoms with Gasteiger partial charge in [-0.3, -0.25) is 4.79 Å². The molecule has 8 heteroatoms. The Labute approximate surface area is 179 Å². The number of ether oxygens (including phenoxy) is 3. The number of carbonyl (C=O) groups excluding carboxylic acids is 2. The van der Waals surface area contributed by atoms with Crippen molar-refractivity contribution < 1.29 is 23.8 Å². The maximum Gasteiger partial charge on any atom is 0.348 e. The number of nitriles is 1. The Hall–Kier alpha value is -3.31. The summed E-state index contributed by atoms with van der Waals surface area (Å²) in [5.74, 6) is 0.282. The summed E-state index contributed by atoms with van der Waals surface area (Å²) in [5.41, 5.74) is 1.50. The molecule has 0 saturated heterocycles. The molecule has 0 bridgehead atoms.